The Bertz CT molecular complexity index is 485. The minimum Gasteiger partial charge on any atom is -0.486 e. The fraction of sp³-hybridized carbons (Fsp3) is 0.333. The second-order valence-corrected chi connectivity index (χ2v) is 3.89. The number of hydrogen-bond donors (Lipinski definition) is 2. The summed E-state index contributed by atoms with van der Waals surface area (Å²) < 4.78 is 10.7. The maximum absolute atomic E-state index is 11.8. The second-order valence-electron chi connectivity index (χ2n) is 3.89. The summed E-state index contributed by atoms with van der Waals surface area (Å²) in [6.07, 6.45) is 0. The Balaban J connectivity index is 2.13. The molecule has 1 aromatic carbocycles. The van der Waals surface area contributed by atoms with Crippen LogP contribution in [0.5, 0.6) is 11.5 Å². The number of aliphatic carboxylic acids is 1. The maximum atomic E-state index is 11.8. The summed E-state index contributed by atoms with van der Waals surface area (Å²) in [4.78, 5) is 22.4. The summed E-state index contributed by atoms with van der Waals surface area (Å²) in [6, 6.07) is 3.80. The molecule has 1 amide bonds. The zero-order valence-electron chi connectivity index (χ0n) is 9.80. The first-order valence-corrected chi connectivity index (χ1v) is 5.51. The Labute approximate surface area is 104 Å². The Kier molecular flexibility index (Phi) is 3.36. The van der Waals surface area contributed by atoms with Crippen molar-refractivity contribution in [3.8, 4) is 11.5 Å². The van der Waals surface area contributed by atoms with Crippen molar-refractivity contribution in [2.24, 2.45) is 0 Å². The Morgan fingerprint density at radius 2 is 1.94 bits per heavy atom. The van der Waals surface area contributed by atoms with Crippen LogP contribution in [0.2, 0.25) is 0 Å². The summed E-state index contributed by atoms with van der Waals surface area (Å²) in [5.41, 5.74) is 0.340. The van der Waals surface area contributed by atoms with Crippen LogP contribution >= 0.6 is 0 Å². The van der Waals surface area contributed by atoms with E-state index in [1.807, 2.05) is 0 Å². The molecule has 0 radical (unpaired) electrons. The molecular weight excluding hydrogens is 238 g/mol. The van der Waals surface area contributed by atoms with Crippen molar-refractivity contribution in [3.05, 3.63) is 23.8 Å². The molecule has 1 aromatic rings. The Hall–Kier alpha value is -2.24. The van der Waals surface area contributed by atoms with Crippen molar-refractivity contribution < 1.29 is 24.2 Å². The molecule has 0 saturated carbocycles. The molecule has 1 aliphatic rings. The molecule has 2 rings (SSSR count). The summed E-state index contributed by atoms with van der Waals surface area (Å²) in [5, 5.41) is 11.1. The van der Waals surface area contributed by atoms with E-state index in [0.717, 1.165) is 0 Å². The van der Waals surface area contributed by atoms with Crippen LogP contribution in [0.25, 0.3) is 0 Å². The van der Waals surface area contributed by atoms with Crippen LogP contribution in [0.1, 0.15) is 17.3 Å². The summed E-state index contributed by atoms with van der Waals surface area (Å²) in [5.74, 6) is -0.455. The molecule has 0 bridgehead atoms. The van der Waals surface area contributed by atoms with E-state index < -0.39 is 17.9 Å². The Morgan fingerprint density at radius 3 is 2.61 bits per heavy atom. The van der Waals surface area contributed by atoms with Gasteiger partial charge in [-0.15, -0.1) is 0 Å². The van der Waals surface area contributed by atoms with Gasteiger partial charge < -0.3 is 19.9 Å². The molecule has 0 aliphatic carbocycles. The average molecular weight is 251 g/mol. The first-order chi connectivity index (χ1) is 8.58. The predicted molar refractivity (Wildman–Crippen MR) is 62.0 cm³/mol. The SMILES string of the molecule is C[C@H](NC(=O)c1ccc2c(c1)OCCO2)C(=O)O. The highest BCUT2D eigenvalue weighted by Gasteiger charge is 2.18. The molecule has 0 spiro atoms. The monoisotopic (exact) mass is 251 g/mol. The highest BCUT2D eigenvalue weighted by Crippen LogP contribution is 2.30. The minimum absolute atomic E-state index is 0.340. The minimum atomic E-state index is -1.08. The van der Waals surface area contributed by atoms with E-state index in [9.17, 15) is 9.59 Å². The number of rotatable bonds is 3. The van der Waals surface area contributed by atoms with Crippen LogP contribution in [0, 0.1) is 0 Å². The zero-order valence-corrected chi connectivity index (χ0v) is 9.80. The van der Waals surface area contributed by atoms with Crippen LogP contribution in [-0.4, -0.2) is 36.2 Å². The van der Waals surface area contributed by atoms with Gasteiger partial charge in [-0.25, -0.2) is 0 Å². The number of carbonyl (C=O) groups is 2. The fourth-order valence-corrected chi connectivity index (χ4v) is 1.53. The number of nitrogens with one attached hydrogen (secondary N) is 1. The van der Waals surface area contributed by atoms with E-state index in [-0.39, 0.29) is 0 Å². The van der Waals surface area contributed by atoms with Gasteiger partial charge in [-0.1, -0.05) is 0 Å². The molecule has 0 unspecified atom stereocenters. The van der Waals surface area contributed by atoms with Gasteiger partial charge in [-0.3, -0.25) is 9.59 Å². The fourth-order valence-electron chi connectivity index (χ4n) is 1.53. The van der Waals surface area contributed by atoms with Crippen LogP contribution in [-0.2, 0) is 4.79 Å². The highest BCUT2D eigenvalue weighted by molar-refractivity contribution is 5.97. The molecule has 1 heterocycles. The number of carboxylic acid groups (broad SMARTS) is 1. The van der Waals surface area contributed by atoms with Crippen LogP contribution in [0.15, 0.2) is 18.2 Å². The third kappa shape index (κ3) is 2.53. The highest BCUT2D eigenvalue weighted by atomic mass is 16.6. The largest absolute Gasteiger partial charge is 0.486 e. The van der Waals surface area contributed by atoms with Crippen LogP contribution in [0.3, 0.4) is 0 Å². The average Bonchev–Trinajstić information content (AvgIpc) is 2.37. The number of fused-ring (bicyclic) bond motifs is 1. The molecule has 0 fully saturated rings. The van der Waals surface area contributed by atoms with Crippen molar-refractivity contribution >= 4 is 11.9 Å². The van der Waals surface area contributed by atoms with Crippen molar-refractivity contribution in [1.29, 1.82) is 0 Å². The van der Waals surface area contributed by atoms with Crippen molar-refractivity contribution in [2.45, 2.75) is 13.0 Å². The van der Waals surface area contributed by atoms with Gasteiger partial charge in [0.15, 0.2) is 11.5 Å². The quantitative estimate of drug-likeness (QED) is 0.824. The van der Waals surface area contributed by atoms with Gasteiger partial charge >= 0.3 is 5.97 Å². The van der Waals surface area contributed by atoms with E-state index in [0.29, 0.717) is 30.3 Å². The van der Waals surface area contributed by atoms with Gasteiger partial charge in [0.2, 0.25) is 0 Å². The molecule has 96 valence electrons. The number of hydrogen-bond acceptors (Lipinski definition) is 4. The molecule has 0 saturated heterocycles. The van der Waals surface area contributed by atoms with Crippen molar-refractivity contribution in [1.82, 2.24) is 5.32 Å². The predicted octanol–water partition coefficient (Wildman–Crippen LogP) is 0.661. The van der Waals surface area contributed by atoms with E-state index >= 15 is 0 Å². The maximum Gasteiger partial charge on any atom is 0.325 e. The van der Waals surface area contributed by atoms with Gasteiger partial charge in [0.25, 0.3) is 5.91 Å². The summed E-state index contributed by atoms with van der Waals surface area (Å²) >= 11 is 0. The van der Waals surface area contributed by atoms with E-state index in [2.05, 4.69) is 5.32 Å². The first-order valence-electron chi connectivity index (χ1n) is 5.51. The van der Waals surface area contributed by atoms with Gasteiger partial charge in [0.1, 0.15) is 19.3 Å². The molecule has 1 atom stereocenters. The molecule has 2 N–H and O–H groups in total. The molecular formula is C12H13NO5. The number of amides is 1. The van der Waals surface area contributed by atoms with Gasteiger partial charge in [0.05, 0.1) is 0 Å². The lowest BCUT2D eigenvalue weighted by Crippen LogP contribution is -2.38. The Morgan fingerprint density at radius 1 is 1.28 bits per heavy atom. The number of carboxylic acids is 1. The van der Waals surface area contributed by atoms with Gasteiger partial charge in [-0.2, -0.15) is 0 Å². The number of carbonyl (C=O) groups excluding carboxylic acids is 1. The lowest BCUT2D eigenvalue weighted by atomic mass is 10.1. The van der Waals surface area contributed by atoms with Crippen LogP contribution < -0.4 is 14.8 Å². The third-order valence-electron chi connectivity index (χ3n) is 2.52. The smallest absolute Gasteiger partial charge is 0.325 e. The van der Waals surface area contributed by atoms with E-state index in [4.69, 9.17) is 14.6 Å². The van der Waals surface area contributed by atoms with Crippen molar-refractivity contribution in [3.63, 3.8) is 0 Å². The van der Waals surface area contributed by atoms with E-state index in [1.165, 1.54) is 6.92 Å². The summed E-state index contributed by atoms with van der Waals surface area (Å²) in [6.45, 7) is 2.32. The molecule has 0 aromatic heterocycles. The zero-order chi connectivity index (χ0) is 13.1. The van der Waals surface area contributed by atoms with Crippen molar-refractivity contribution in [2.75, 3.05) is 13.2 Å². The third-order valence-corrected chi connectivity index (χ3v) is 2.52. The second kappa shape index (κ2) is 4.95. The molecule has 18 heavy (non-hydrogen) atoms. The van der Waals surface area contributed by atoms with E-state index in [1.54, 1.807) is 18.2 Å². The topological polar surface area (TPSA) is 84.9 Å². The normalized spacial score (nSPS) is 14.7. The lowest BCUT2D eigenvalue weighted by Gasteiger charge is -2.19. The lowest BCUT2D eigenvalue weighted by molar-refractivity contribution is -0.138. The molecule has 6 nitrogen and oxygen atoms in total. The number of benzene rings is 1. The van der Waals surface area contributed by atoms with Gasteiger partial charge in [-0.05, 0) is 25.1 Å². The summed E-state index contributed by atoms with van der Waals surface area (Å²) in [7, 11) is 0. The molecule has 1 aliphatic heterocycles. The van der Waals surface area contributed by atoms with Crippen LogP contribution in [0.4, 0.5) is 0 Å². The first kappa shape index (κ1) is 12.2. The van der Waals surface area contributed by atoms with Gasteiger partial charge in [0, 0.05) is 5.56 Å². The molecule has 6 heteroatoms. The standard InChI is InChI=1S/C12H13NO5/c1-7(12(15)16)13-11(14)8-2-3-9-10(6-8)18-5-4-17-9/h2-3,6-7H,4-5H2,1H3,(H,13,14)(H,15,16)/t7-/m0/s1. The number of ether oxygens (including phenoxy) is 2.